The van der Waals surface area contributed by atoms with E-state index in [0.717, 1.165) is 22.1 Å². The predicted molar refractivity (Wildman–Crippen MR) is 216 cm³/mol. The number of hydrogen-bond donors (Lipinski definition) is 0. The number of hydrogen-bond acceptors (Lipinski definition) is 2. The largest absolute Gasteiger partial charge is 0.455 e. The Hall–Kier alpha value is -6.22. The van der Waals surface area contributed by atoms with Crippen LogP contribution in [0.4, 0.5) is 0 Å². The molecule has 0 fully saturated rings. The number of thiophene rings is 1. The topological polar surface area (TPSA) is 13.1 Å². The SMILES string of the molecule is c1ccc2cc3c(cc2c1)oc1c(-c2cccc4c2sc2c5ccccc5ccc42)ccc(-c2ccc4ccc5cccc6ccc2c4c56)c13. The molecule has 0 aliphatic carbocycles. The minimum Gasteiger partial charge on any atom is -0.455 e. The number of rotatable bonds is 2. The minimum atomic E-state index is 0.916. The second-order valence-electron chi connectivity index (χ2n) is 13.6. The van der Waals surface area contributed by atoms with Crippen LogP contribution < -0.4 is 0 Å². The summed E-state index contributed by atoms with van der Waals surface area (Å²) in [5, 5.41) is 17.7. The molecule has 0 aliphatic rings. The first-order chi connectivity index (χ1) is 24.8. The standard InChI is InChI=1S/C48H26OS/c1-2-9-32-26-42-41(25-31(32)8-1)45-36(34-20-18-30-16-15-28-10-5-11-29-19-21-35(34)44(30)43(28)29)23-24-37(46(45)49-42)38-13-6-14-39-40-22-17-27-7-3-4-12-33(27)47(40)50-48(38)39/h1-26H. The molecule has 50 heavy (non-hydrogen) atoms. The summed E-state index contributed by atoms with van der Waals surface area (Å²) in [6, 6.07) is 58.2. The molecule has 0 bridgehead atoms. The molecule has 2 aromatic heterocycles. The Bertz CT molecular complexity index is 3360. The van der Waals surface area contributed by atoms with E-state index in [1.807, 2.05) is 11.3 Å². The van der Waals surface area contributed by atoms with Gasteiger partial charge >= 0.3 is 0 Å². The molecule has 2 heteroatoms. The van der Waals surface area contributed by atoms with Crippen molar-refractivity contribution in [1.82, 2.24) is 0 Å². The summed E-state index contributed by atoms with van der Waals surface area (Å²) in [5.74, 6) is 0. The highest BCUT2D eigenvalue weighted by Crippen LogP contribution is 2.49. The van der Waals surface area contributed by atoms with Crippen molar-refractivity contribution < 1.29 is 4.42 Å². The monoisotopic (exact) mass is 650 g/mol. The van der Waals surface area contributed by atoms with Crippen LogP contribution in [-0.4, -0.2) is 0 Å². The third-order valence-corrected chi connectivity index (χ3v) is 12.3. The molecule has 12 aromatic rings. The fraction of sp³-hybridized carbons (Fsp3) is 0. The smallest absolute Gasteiger partial charge is 0.143 e. The molecule has 0 spiro atoms. The highest BCUT2D eigenvalue weighted by molar-refractivity contribution is 7.27. The molecule has 12 rings (SSSR count). The zero-order valence-corrected chi connectivity index (χ0v) is 27.6. The molecule has 0 unspecified atom stereocenters. The Morgan fingerprint density at radius 2 is 0.920 bits per heavy atom. The molecule has 230 valence electrons. The maximum atomic E-state index is 7.03. The van der Waals surface area contributed by atoms with Gasteiger partial charge in [-0.3, -0.25) is 0 Å². The van der Waals surface area contributed by atoms with E-state index in [2.05, 4.69) is 158 Å². The van der Waals surface area contributed by atoms with E-state index in [-0.39, 0.29) is 0 Å². The van der Waals surface area contributed by atoms with Crippen molar-refractivity contribution >= 4 is 107 Å². The Morgan fingerprint density at radius 1 is 0.320 bits per heavy atom. The zero-order valence-electron chi connectivity index (χ0n) is 26.8. The molecule has 0 N–H and O–H groups in total. The van der Waals surface area contributed by atoms with Crippen LogP contribution in [0.15, 0.2) is 162 Å². The first kappa shape index (κ1) is 26.7. The molecular weight excluding hydrogens is 625 g/mol. The van der Waals surface area contributed by atoms with Crippen molar-refractivity contribution in [1.29, 1.82) is 0 Å². The van der Waals surface area contributed by atoms with Gasteiger partial charge in [-0.25, -0.2) is 0 Å². The zero-order chi connectivity index (χ0) is 32.5. The van der Waals surface area contributed by atoms with Gasteiger partial charge in [0, 0.05) is 42.1 Å². The summed E-state index contributed by atoms with van der Waals surface area (Å²) in [5.41, 5.74) is 6.62. The van der Waals surface area contributed by atoms with E-state index in [4.69, 9.17) is 4.42 Å². The van der Waals surface area contributed by atoms with E-state index in [9.17, 15) is 0 Å². The summed E-state index contributed by atoms with van der Waals surface area (Å²) in [4.78, 5) is 0. The maximum absolute atomic E-state index is 7.03. The van der Waals surface area contributed by atoms with Crippen LogP contribution in [0.25, 0.3) is 118 Å². The van der Waals surface area contributed by atoms with Crippen molar-refractivity contribution in [3.8, 4) is 22.3 Å². The maximum Gasteiger partial charge on any atom is 0.143 e. The first-order valence-electron chi connectivity index (χ1n) is 17.2. The second-order valence-corrected chi connectivity index (χ2v) is 14.6. The Balaban J connectivity index is 1.21. The van der Waals surface area contributed by atoms with Crippen LogP contribution in [0.2, 0.25) is 0 Å². The average Bonchev–Trinajstić information content (AvgIpc) is 3.75. The van der Waals surface area contributed by atoms with Crippen LogP contribution in [0.5, 0.6) is 0 Å². The normalized spacial score (nSPS) is 12.4. The van der Waals surface area contributed by atoms with E-state index in [1.54, 1.807) is 0 Å². The molecule has 0 aliphatic heterocycles. The van der Waals surface area contributed by atoms with Gasteiger partial charge in [0.25, 0.3) is 0 Å². The van der Waals surface area contributed by atoms with Crippen molar-refractivity contribution in [2.45, 2.75) is 0 Å². The molecule has 2 heterocycles. The van der Waals surface area contributed by atoms with Crippen molar-refractivity contribution in [3.05, 3.63) is 158 Å². The fourth-order valence-electron chi connectivity index (χ4n) is 8.71. The number of benzene rings is 10. The van der Waals surface area contributed by atoms with Crippen LogP contribution in [0.3, 0.4) is 0 Å². The minimum absolute atomic E-state index is 0.916. The Kier molecular flexibility index (Phi) is 5.18. The summed E-state index contributed by atoms with van der Waals surface area (Å²) in [6.07, 6.45) is 0. The molecule has 10 aromatic carbocycles. The molecule has 1 nitrogen and oxygen atoms in total. The molecule has 0 saturated heterocycles. The molecule has 0 atom stereocenters. The van der Waals surface area contributed by atoms with Gasteiger partial charge in [0.05, 0.1) is 0 Å². The van der Waals surface area contributed by atoms with Gasteiger partial charge < -0.3 is 4.42 Å². The third-order valence-electron chi connectivity index (χ3n) is 11.0. The summed E-state index contributed by atoms with van der Waals surface area (Å²) in [6.45, 7) is 0. The average molecular weight is 651 g/mol. The van der Waals surface area contributed by atoms with Crippen LogP contribution in [-0.2, 0) is 0 Å². The van der Waals surface area contributed by atoms with Gasteiger partial charge in [0.15, 0.2) is 0 Å². The Morgan fingerprint density at radius 3 is 1.80 bits per heavy atom. The quantitative estimate of drug-likeness (QED) is 0.170. The summed E-state index contributed by atoms with van der Waals surface area (Å²) < 4.78 is 9.66. The van der Waals surface area contributed by atoms with Gasteiger partial charge in [0.1, 0.15) is 11.2 Å². The highest BCUT2D eigenvalue weighted by Gasteiger charge is 2.22. The van der Waals surface area contributed by atoms with Crippen molar-refractivity contribution in [2.24, 2.45) is 0 Å². The number of furan rings is 1. The van der Waals surface area contributed by atoms with E-state index >= 15 is 0 Å². The molecule has 0 saturated carbocycles. The first-order valence-corrected chi connectivity index (χ1v) is 18.0. The van der Waals surface area contributed by atoms with E-state index in [1.165, 1.54) is 96.1 Å². The van der Waals surface area contributed by atoms with Crippen molar-refractivity contribution in [3.63, 3.8) is 0 Å². The lowest BCUT2D eigenvalue weighted by Gasteiger charge is -2.15. The van der Waals surface area contributed by atoms with Crippen LogP contribution >= 0.6 is 11.3 Å². The molecule has 0 amide bonds. The second kappa shape index (κ2) is 9.69. The fourth-order valence-corrected chi connectivity index (χ4v) is 10.1. The molecular formula is C48H26OS. The van der Waals surface area contributed by atoms with Gasteiger partial charge in [-0.05, 0) is 83.2 Å². The third kappa shape index (κ3) is 3.51. The Labute approximate surface area is 290 Å². The predicted octanol–water partition coefficient (Wildman–Crippen LogP) is 14.5. The summed E-state index contributed by atoms with van der Waals surface area (Å²) >= 11 is 1.90. The lowest BCUT2D eigenvalue weighted by atomic mass is 9.87. The van der Waals surface area contributed by atoms with E-state index < -0.39 is 0 Å². The van der Waals surface area contributed by atoms with Crippen LogP contribution in [0, 0.1) is 0 Å². The van der Waals surface area contributed by atoms with Crippen LogP contribution in [0.1, 0.15) is 0 Å². The van der Waals surface area contributed by atoms with Gasteiger partial charge in [-0.15, -0.1) is 11.3 Å². The lowest BCUT2D eigenvalue weighted by Crippen LogP contribution is -1.89. The summed E-state index contributed by atoms with van der Waals surface area (Å²) in [7, 11) is 0. The van der Waals surface area contributed by atoms with Crippen molar-refractivity contribution in [2.75, 3.05) is 0 Å². The highest BCUT2D eigenvalue weighted by atomic mass is 32.1. The molecule has 0 radical (unpaired) electrons. The van der Waals surface area contributed by atoms with Gasteiger partial charge in [-0.1, -0.05) is 140 Å². The van der Waals surface area contributed by atoms with Gasteiger partial charge in [0.2, 0.25) is 0 Å². The van der Waals surface area contributed by atoms with E-state index in [0.29, 0.717) is 0 Å². The van der Waals surface area contributed by atoms with Gasteiger partial charge in [-0.2, -0.15) is 0 Å². The lowest BCUT2D eigenvalue weighted by molar-refractivity contribution is 0.670. The number of fused-ring (bicyclic) bond motifs is 9.